The minimum Gasteiger partial charge on any atom is -0.278 e. The second kappa shape index (κ2) is 3.12. The lowest BCUT2D eigenvalue weighted by molar-refractivity contribution is -0.297. The standard InChI is InChI=1S/C4HClF6O/c5-2(12)1(6)3(7,8)4(9,10)11/h1H. The number of carbonyl (C=O) groups excluding carboxylic acids is 1. The molecule has 0 fully saturated rings. The van der Waals surface area contributed by atoms with Gasteiger partial charge in [-0.05, 0) is 11.6 Å². The summed E-state index contributed by atoms with van der Waals surface area (Å²) in [4.78, 5) is 9.65. The van der Waals surface area contributed by atoms with Gasteiger partial charge in [0.25, 0.3) is 5.24 Å². The van der Waals surface area contributed by atoms with E-state index in [0.29, 0.717) is 0 Å². The average molecular weight is 214 g/mol. The van der Waals surface area contributed by atoms with Gasteiger partial charge in [-0.2, -0.15) is 22.0 Å². The molecule has 0 aliphatic heterocycles. The molecule has 1 atom stereocenters. The van der Waals surface area contributed by atoms with Gasteiger partial charge < -0.3 is 0 Å². The Morgan fingerprint density at radius 2 is 1.50 bits per heavy atom. The smallest absolute Gasteiger partial charge is 0.278 e. The maximum atomic E-state index is 11.8. The van der Waals surface area contributed by atoms with Gasteiger partial charge in [-0.1, -0.05) is 0 Å². The molecule has 72 valence electrons. The molecule has 1 nitrogen and oxygen atoms in total. The van der Waals surface area contributed by atoms with Crippen LogP contribution in [0.15, 0.2) is 0 Å². The van der Waals surface area contributed by atoms with E-state index in [1.807, 2.05) is 0 Å². The van der Waals surface area contributed by atoms with Crippen molar-refractivity contribution >= 4 is 16.8 Å². The van der Waals surface area contributed by atoms with E-state index in [1.54, 1.807) is 0 Å². The van der Waals surface area contributed by atoms with Gasteiger partial charge in [-0.25, -0.2) is 4.39 Å². The summed E-state index contributed by atoms with van der Waals surface area (Å²) < 4.78 is 69.1. The lowest BCUT2D eigenvalue weighted by Crippen LogP contribution is -2.47. The fraction of sp³-hybridized carbons (Fsp3) is 0.750. The summed E-state index contributed by atoms with van der Waals surface area (Å²) in [6, 6.07) is 0. The summed E-state index contributed by atoms with van der Waals surface area (Å²) in [5.41, 5.74) is 0. The van der Waals surface area contributed by atoms with Gasteiger partial charge in [0.05, 0.1) is 0 Å². The van der Waals surface area contributed by atoms with E-state index in [1.165, 1.54) is 0 Å². The topological polar surface area (TPSA) is 17.1 Å². The van der Waals surface area contributed by atoms with Crippen molar-refractivity contribution in [2.24, 2.45) is 0 Å². The highest BCUT2D eigenvalue weighted by atomic mass is 35.5. The van der Waals surface area contributed by atoms with Crippen molar-refractivity contribution in [1.82, 2.24) is 0 Å². The minimum absolute atomic E-state index is 2.38. The van der Waals surface area contributed by atoms with Crippen LogP contribution in [0.25, 0.3) is 0 Å². The van der Waals surface area contributed by atoms with Crippen LogP contribution in [-0.2, 0) is 4.79 Å². The zero-order valence-corrected chi connectivity index (χ0v) is 5.89. The Labute approximate surface area is 67.3 Å². The number of rotatable bonds is 2. The van der Waals surface area contributed by atoms with E-state index in [0.717, 1.165) is 0 Å². The molecule has 0 aromatic carbocycles. The maximum absolute atomic E-state index is 11.8. The Morgan fingerprint density at radius 3 is 1.58 bits per heavy atom. The average Bonchev–Trinajstić information content (AvgIpc) is 1.83. The first kappa shape index (κ1) is 11.5. The Bertz CT molecular complexity index is 186. The van der Waals surface area contributed by atoms with Crippen LogP contribution >= 0.6 is 11.6 Å². The van der Waals surface area contributed by atoms with E-state index in [4.69, 9.17) is 0 Å². The van der Waals surface area contributed by atoms with E-state index in [2.05, 4.69) is 11.6 Å². The zero-order chi connectivity index (χ0) is 10.2. The minimum atomic E-state index is -6.11. The monoisotopic (exact) mass is 214 g/mol. The second-order valence-electron chi connectivity index (χ2n) is 1.79. The number of carbonyl (C=O) groups is 1. The quantitative estimate of drug-likeness (QED) is 0.509. The molecule has 0 saturated heterocycles. The highest BCUT2D eigenvalue weighted by Gasteiger charge is 2.65. The van der Waals surface area contributed by atoms with Crippen LogP contribution in [0.2, 0.25) is 0 Å². The molecule has 0 rings (SSSR count). The number of hydrogen-bond acceptors (Lipinski definition) is 1. The third-order valence-corrected chi connectivity index (χ3v) is 1.09. The first-order valence-corrected chi connectivity index (χ1v) is 2.76. The molecule has 0 amide bonds. The first-order chi connectivity index (χ1) is 5.10. The molecular formula is C4HClF6O. The van der Waals surface area contributed by atoms with Gasteiger partial charge >= 0.3 is 12.1 Å². The third-order valence-electron chi connectivity index (χ3n) is 0.896. The van der Waals surface area contributed by atoms with Gasteiger partial charge in [0.2, 0.25) is 6.17 Å². The second-order valence-corrected chi connectivity index (χ2v) is 2.16. The summed E-state index contributed by atoms with van der Waals surface area (Å²) in [5.74, 6) is -5.73. The van der Waals surface area contributed by atoms with Gasteiger partial charge in [-0.3, -0.25) is 4.79 Å². The molecule has 0 aromatic heterocycles. The van der Waals surface area contributed by atoms with Crippen molar-refractivity contribution in [1.29, 1.82) is 0 Å². The summed E-state index contributed by atoms with van der Waals surface area (Å²) in [6.07, 6.45) is -10.2. The third kappa shape index (κ3) is 2.02. The molecule has 0 heterocycles. The maximum Gasteiger partial charge on any atom is 0.457 e. The van der Waals surface area contributed by atoms with Crippen LogP contribution in [0.1, 0.15) is 0 Å². The number of alkyl halides is 6. The highest BCUT2D eigenvalue weighted by Crippen LogP contribution is 2.39. The van der Waals surface area contributed by atoms with Crippen molar-refractivity contribution in [3.05, 3.63) is 0 Å². The largest absolute Gasteiger partial charge is 0.457 e. The van der Waals surface area contributed by atoms with Crippen molar-refractivity contribution in [3.8, 4) is 0 Å². The van der Waals surface area contributed by atoms with Crippen molar-refractivity contribution < 1.29 is 31.1 Å². The predicted molar refractivity (Wildman–Crippen MR) is 26.8 cm³/mol. The van der Waals surface area contributed by atoms with Crippen LogP contribution in [0, 0.1) is 0 Å². The summed E-state index contributed by atoms with van der Waals surface area (Å²) in [7, 11) is 0. The lowest BCUT2D eigenvalue weighted by Gasteiger charge is -2.20. The molecule has 0 bridgehead atoms. The van der Waals surface area contributed by atoms with E-state index in [-0.39, 0.29) is 0 Å². The Kier molecular flexibility index (Phi) is 3.00. The Balaban J connectivity index is 4.73. The van der Waals surface area contributed by atoms with Gasteiger partial charge in [0.1, 0.15) is 0 Å². The summed E-state index contributed by atoms with van der Waals surface area (Å²) in [6.45, 7) is 0. The predicted octanol–water partition coefficient (Wildman–Crippen LogP) is 2.29. The molecule has 12 heavy (non-hydrogen) atoms. The normalized spacial score (nSPS) is 15.9. The SMILES string of the molecule is O=C(Cl)C(F)C(F)(F)C(F)(F)F. The number of halogens is 7. The summed E-state index contributed by atoms with van der Waals surface area (Å²) >= 11 is 4.12. The van der Waals surface area contributed by atoms with Gasteiger partial charge in [-0.15, -0.1) is 0 Å². The lowest BCUT2D eigenvalue weighted by atomic mass is 10.2. The first-order valence-electron chi connectivity index (χ1n) is 2.38. The van der Waals surface area contributed by atoms with Gasteiger partial charge in [0, 0.05) is 0 Å². The van der Waals surface area contributed by atoms with E-state index >= 15 is 0 Å². The molecule has 8 heteroatoms. The Hall–Kier alpha value is -0.460. The van der Waals surface area contributed by atoms with Crippen LogP contribution in [0.4, 0.5) is 26.3 Å². The molecule has 0 aromatic rings. The number of hydrogen-bond donors (Lipinski definition) is 0. The Morgan fingerprint density at radius 1 is 1.17 bits per heavy atom. The molecule has 0 aliphatic rings. The fourth-order valence-electron chi connectivity index (χ4n) is 0.286. The summed E-state index contributed by atoms with van der Waals surface area (Å²) in [5, 5.41) is -2.38. The van der Waals surface area contributed by atoms with Crippen molar-refractivity contribution in [2.75, 3.05) is 0 Å². The van der Waals surface area contributed by atoms with Crippen molar-refractivity contribution in [2.45, 2.75) is 18.3 Å². The van der Waals surface area contributed by atoms with Crippen molar-refractivity contribution in [3.63, 3.8) is 0 Å². The van der Waals surface area contributed by atoms with Crippen LogP contribution in [-0.4, -0.2) is 23.5 Å². The molecular weight excluding hydrogens is 213 g/mol. The molecule has 0 spiro atoms. The van der Waals surface area contributed by atoms with E-state index in [9.17, 15) is 31.1 Å². The van der Waals surface area contributed by atoms with Crippen LogP contribution in [0.5, 0.6) is 0 Å². The highest BCUT2D eigenvalue weighted by molar-refractivity contribution is 6.64. The molecule has 0 aliphatic carbocycles. The molecule has 1 unspecified atom stereocenters. The van der Waals surface area contributed by atoms with Gasteiger partial charge in [0.15, 0.2) is 0 Å². The van der Waals surface area contributed by atoms with Crippen LogP contribution < -0.4 is 0 Å². The molecule has 0 N–H and O–H groups in total. The van der Waals surface area contributed by atoms with E-state index < -0.39 is 23.5 Å². The van der Waals surface area contributed by atoms with Crippen LogP contribution in [0.3, 0.4) is 0 Å². The zero-order valence-electron chi connectivity index (χ0n) is 5.13. The molecule has 0 saturated carbocycles. The molecule has 0 radical (unpaired) electrons. The fourth-order valence-corrected chi connectivity index (χ4v) is 0.423.